The molecule has 0 radical (unpaired) electrons. The lowest BCUT2D eigenvalue weighted by molar-refractivity contribution is -0.140. The van der Waals surface area contributed by atoms with Crippen LogP contribution in [0.2, 0.25) is 0 Å². The molecule has 28 heavy (non-hydrogen) atoms. The van der Waals surface area contributed by atoms with E-state index in [-0.39, 0.29) is 5.92 Å². The van der Waals surface area contributed by atoms with E-state index in [9.17, 15) is 14.4 Å². The van der Waals surface area contributed by atoms with E-state index < -0.39 is 23.1 Å². The second-order valence-electron chi connectivity index (χ2n) is 7.51. The van der Waals surface area contributed by atoms with Gasteiger partial charge in [-0.3, -0.25) is 13.9 Å². The van der Waals surface area contributed by atoms with Gasteiger partial charge in [-0.15, -0.1) is 11.3 Å². The van der Waals surface area contributed by atoms with Gasteiger partial charge in [0.15, 0.2) is 0 Å². The van der Waals surface area contributed by atoms with Crippen LogP contribution in [-0.2, 0) is 23.6 Å². The molecule has 0 aliphatic carbocycles. The third-order valence-corrected chi connectivity index (χ3v) is 5.87. The van der Waals surface area contributed by atoms with Crippen LogP contribution >= 0.6 is 11.3 Å². The highest BCUT2D eigenvalue weighted by atomic mass is 32.1. The minimum absolute atomic E-state index is 0.199. The van der Waals surface area contributed by atoms with E-state index in [1.807, 2.05) is 32.9 Å². The summed E-state index contributed by atoms with van der Waals surface area (Å²) in [5, 5.41) is 3.10. The zero-order chi connectivity index (χ0) is 20.7. The number of fused-ring (bicyclic) bond motifs is 1. The molecular weight excluding hydrogens is 378 g/mol. The first-order valence-electron chi connectivity index (χ1n) is 9.14. The van der Waals surface area contributed by atoms with E-state index in [2.05, 4.69) is 5.32 Å². The number of nitrogens with zero attached hydrogens (tertiary/aromatic N) is 2. The average Bonchev–Trinajstić information content (AvgIpc) is 3.07. The summed E-state index contributed by atoms with van der Waals surface area (Å²) in [4.78, 5) is 40.4. The summed E-state index contributed by atoms with van der Waals surface area (Å²) in [5.41, 5.74) is 0.541. The standard InChI is InChI=1S/C20H25N3O4S/c1-10(2)9-27-19(25)14-12(4)21-17-16(15(14)13-8-7-11(3)28-13)18(24)23(6)20(26)22(17)5/h7-8,10,15,21H,9H2,1-6H3. The lowest BCUT2D eigenvalue weighted by atomic mass is 9.86. The Hall–Kier alpha value is -2.61. The highest BCUT2D eigenvalue weighted by Gasteiger charge is 2.38. The molecule has 1 aliphatic heterocycles. The molecule has 2 aromatic heterocycles. The van der Waals surface area contributed by atoms with Crippen molar-refractivity contribution in [3.63, 3.8) is 0 Å². The number of rotatable bonds is 4. The molecule has 0 bridgehead atoms. The molecule has 2 aromatic rings. The van der Waals surface area contributed by atoms with Crippen molar-refractivity contribution in [3.8, 4) is 0 Å². The highest BCUT2D eigenvalue weighted by Crippen LogP contribution is 2.42. The van der Waals surface area contributed by atoms with Crippen molar-refractivity contribution < 1.29 is 9.53 Å². The smallest absolute Gasteiger partial charge is 0.336 e. The van der Waals surface area contributed by atoms with Crippen molar-refractivity contribution in [2.24, 2.45) is 20.0 Å². The molecule has 150 valence electrons. The molecule has 0 saturated carbocycles. The van der Waals surface area contributed by atoms with Crippen LogP contribution in [0.25, 0.3) is 0 Å². The van der Waals surface area contributed by atoms with Gasteiger partial charge in [0.2, 0.25) is 0 Å². The molecule has 3 heterocycles. The zero-order valence-corrected chi connectivity index (χ0v) is 17.8. The number of nitrogens with one attached hydrogen (secondary N) is 1. The lowest BCUT2D eigenvalue weighted by Gasteiger charge is -2.30. The number of esters is 1. The van der Waals surface area contributed by atoms with Crippen molar-refractivity contribution in [2.75, 3.05) is 11.9 Å². The van der Waals surface area contributed by atoms with Crippen LogP contribution in [0, 0.1) is 12.8 Å². The number of allylic oxidation sites excluding steroid dienone is 1. The van der Waals surface area contributed by atoms with Crippen molar-refractivity contribution in [1.82, 2.24) is 9.13 Å². The summed E-state index contributed by atoms with van der Waals surface area (Å²) in [6.45, 7) is 7.97. The summed E-state index contributed by atoms with van der Waals surface area (Å²) in [5.74, 6) is -0.414. The first kappa shape index (κ1) is 20.1. The van der Waals surface area contributed by atoms with Crippen LogP contribution in [0.3, 0.4) is 0 Å². The SMILES string of the molecule is CC1=C(C(=O)OCC(C)C)C(c2ccc(C)s2)c2c(n(C)c(=O)n(C)c2=O)N1. The largest absolute Gasteiger partial charge is 0.462 e. The molecule has 1 aliphatic rings. The van der Waals surface area contributed by atoms with Crippen molar-refractivity contribution in [3.05, 3.63) is 59.6 Å². The molecule has 8 heteroatoms. The molecule has 0 saturated heterocycles. The fourth-order valence-corrected chi connectivity index (χ4v) is 4.37. The third-order valence-electron chi connectivity index (χ3n) is 4.80. The van der Waals surface area contributed by atoms with Crippen LogP contribution in [0.5, 0.6) is 0 Å². The second kappa shape index (κ2) is 7.43. The van der Waals surface area contributed by atoms with Crippen LogP contribution in [0.4, 0.5) is 5.82 Å². The van der Waals surface area contributed by atoms with Gasteiger partial charge in [0, 0.05) is 29.5 Å². The first-order valence-corrected chi connectivity index (χ1v) is 9.96. The summed E-state index contributed by atoms with van der Waals surface area (Å²) in [7, 11) is 3.06. The Labute approximate surface area is 167 Å². The van der Waals surface area contributed by atoms with Crippen molar-refractivity contribution in [1.29, 1.82) is 0 Å². The number of hydrogen-bond donors (Lipinski definition) is 1. The predicted molar refractivity (Wildman–Crippen MR) is 110 cm³/mol. The topological polar surface area (TPSA) is 82.3 Å². The van der Waals surface area contributed by atoms with Gasteiger partial charge >= 0.3 is 11.7 Å². The van der Waals surface area contributed by atoms with Crippen molar-refractivity contribution in [2.45, 2.75) is 33.6 Å². The Morgan fingerprint density at radius 1 is 1.21 bits per heavy atom. The van der Waals surface area contributed by atoms with Gasteiger partial charge in [-0.2, -0.15) is 0 Å². The van der Waals surface area contributed by atoms with Gasteiger partial charge in [0.1, 0.15) is 5.82 Å². The maximum absolute atomic E-state index is 13.1. The summed E-state index contributed by atoms with van der Waals surface area (Å²) in [6.07, 6.45) is 0. The molecule has 0 spiro atoms. The Bertz CT molecular complexity index is 1090. The first-order chi connectivity index (χ1) is 13.1. The van der Waals surface area contributed by atoms with Crippen LogP contribution in [-0.4, -0.2) is 21.7 Å². The molecular formula is C20H25N3O4S. The Morgan fingerprint density at radius 2 is 1.89 bits per heavy atom. The number of carbonyl (C=O) groups excluding carboxylic acids is 1. The number of hydrogen-bond acceptors (Lipinski definition) is 6. The maximum Gasteiger partial charge on any atom is 0.336 e. The molecule has 1 N–H and O–H groups in total. The molecule has 0 fully saturated rings. The fourth-order valence-electron chi connectivity index (χ4n) is 3.37. The Kier molecular flexibility index (Phi) is 5.34. The van der Waals surface area contributed by atoms with Crippen LogP contribution in [0.15, 0.2) is 33.0 Å². The maximum atomic E-state index is 13.1. The Morgan fingerprint density at radius 3 is 2.46 bits per heavy atom. The summed E-state index contributed by atoms with van der Waals surface area (Å²) in [6, 6.07) is 3.88. The molecule has 1 unspecified atom stereocenters. The van der Waals surface area contributed by atoms with E-state index in [1.165, 1.54) is 23.0 Å². The number of thiophene rings is 1. The minimum atomic E-state index is -0.583. The average molecular weight is 404 g/mol. The van der Waals surface area contributed by atoms with Gasteiger partial charge in [-0.25, -0.2) is 9.59 Å². The fraction of sp³-hybridized carbons (Fsp3) is 0.450. The monoisotopic (exact) mass is 403 g/mol. The molecule has 7 nitrogen and oxygen atoms in total. The normalized spacial score (nSPS) is 16.2. The number of aryl methyl sites for hydroxylation is 1. The van der Waals surface area contributed by atoms with Gasteiger partial charge in [0.05, 0.1) is 23.7 Å². The van der Waals surface area contributed by atoms with E-state index in [0.717, 1.165) is 14.3 Å². The molecule has 1 atom stereocenters. The minimum Gasteiger partial charge on any atom is -0.462 e. The molecule has 0 aromatic carbocycles. The number of carbonyl (C=O) groups is 1. The van der Waals surface area contributed by atoms with Crippen LogP contribution in [0.1, 0.15) is 42.0 Å². The number of ether oxygens (including phenoxy) is 1. The van der Waals surface area contributed by atoms with E-state index >= 15 is 0 Å². The third kappa shape index (κ3) is 3.32. The molecule has 0 amide bonds. The number of anilines is 1. The quantitative estimate of drug-likeness (QED) is 0.793. The summed E-state index contributed by atoms with van der Waals surface area (Å²) >= 11 is 1.52. The zero-order valence-electron chi connectivity index (χ0n) is 17.0. The van der Waals surface area contributed by atoms with E-state index in [4.69, 9.17) is 4.74 Å². The Balaban J connectivity index is 2.27. The van der Waals surface area contributed by atoms with Crippen molar-refractivity contribution >= 4 is 23.1 Å². The van der Waals surface area contributed by atoms with Gasteiger partial charge < -0.3 is 10.1 Å². The predicted octanol–water partition coefficient (Wildman–Crippen LogP) is 2.48. The van der Waals surface area contributed by atoms with Gasteiger partial charge in [0.25, 0.3) is 5.56 Å². The van der Waals surface area contributed by atoms with Gasteiger partial charge in [-0.05, 0) is 31.9 Å². The van der Waals surface area contributed by atoms with E-state index in [0.29, 0.717) is 29.3 Å². The van der Waals surface area contributed by atoms with Crippen LogP contribution < -0.4 is 16.6 Å². The lowest BCUT2D eigenvalue weighted by Crippen LogP contribution is -2.43. The van der Waals surface area contributed by atoms with Gasteiger partial charge in [-0.1, -0.05) is 13.8 Å². The number of aromatic nitrogens is 2. The second-order valence-corrected chi connectivity index (χ2v) is 8.82. The summed E-state index contributed by atoms with van der Waals surface area (Å²) < 4.78 is 7.98. The highest BCUT2D eigenvalue weighted by molar-refractivity contribution is 7.12. The molecule has 3 rings (SSSR count). The van der Waals surface area contributed by atoms with E-state index in [1.54, 1.807) is 14.0 Å².